The number of pyridine rings is 1. The molecule has 2 N–H and O–H groups in total. The highest BCUT2D eigenvalue weighted by atomic mass is 79.9. The number of anilines is 1. The van der Waals surface area contributed by atoms with E-state index < -0.39 is 21.8 Å². The van der Waals surface area contributed by atoms with Gasteiger partial charge in [0.1, 0.15) is 10.7 Å². The Labute approximate surface area is 127 Å². The van der Waals surface area contributed by atoms with Crippen LogP contribution in [-0.2, 0) is 10.0 Å². The lowest BCUT2D eigenvalue weighted by atomic mass is 10.3. The van der Waals surface area contributed by atoms with Crippen LogP contribution in [0.2, 0.25) is 0 Å². The number of aromatic nitrogens is 1. The molecule has 0 radical (unpaired) electrons. The smallest absolute Gasteiger partial charge is 0.337 e. The van der Waals surface area contributed by atoms with Crippen LogP contribution in [0.25, 0.3) is 0 Å². The first-order valence-corrected chi connectivity index (χ1v) is 7.73. The standard InChI is InChI=1S/C12H8BrFN2O4S/c13-10-4-8(14)1-2-11(10)21(19,20)16-9-3-7(12(17)18)5-15-6-9/h1-6,16H,(H,17,18). The van der Waals surface area contributed by atoms with Crippen molar-refractivity contribution in [3.63, 3.8) is 0 Å². The molecule has 1 aromatic carbocycles. The molecule has 21 heavy (non-hydrogen) atoms. The van der Waals surface area contributed by atoms with Crippen molar-refractivity contribution in [2.75, 3.05) is 4.72 Å². The quantitative estimate of drug-likeness (QED) is 0.856. The summed E-state index contributed by atoms with van der Waals surface area (Å²) in [4.78, 5) is 14.3. The Morgan fingerprint density at radius 3 is 2.62 bits per heavy atom. The summed E-state index contributed by atoms with van der Waals surface area (Å²) in [7, 11) is -4.00. The number of sulfonamides is 1. The summed E-state index contributed by atoms with van der Waals surface area (Å²) < 4.78 is 39.6. The number of hydrogen-bond donors (Lipinski definition) is 2. The van der Waals surface area contributed by atoms with Gasteiger partial charge < -0.3 is 5.11 Å². The molecule has 2 rings (SSSR count). The van der Waals surface area contributed by atoms with E-state index in [1.54, 1.807) is 0 Å². The fraction of sp³-hybridized carbons (Fsp3) is 0. The van der Waals surface area contributed by atoms with Crippen LogP contribution in [0.3, 0.4) is 0 Å². The molecule has 1 aromatic heterocycles. The Kier molecular flexibility index (Phi) is 4.24. The molecule has 0 saturated heterocycles. The van der Waals surface area contributed by atoms with Crippen molar-refractivity contribution in [3.8, 4) is 0 Å². The molecule has 9 heteroatoms. The second-order valence-corrected chi connectivity index (χ2v) is 6.45. The maximum Gasteiger partial charge on any atom is 0.337 e. The first-order valence-electron chi connectivity index (χ1n) is 5.46. The van der Waals surface area contributed by atoms with E-state index in [9.17, 15) is 17.6 Å². The highest BCUT2D eigenvalue weighted by molar-refractivity contribution is 9.10. The molecule has 2 aromatic rings. The van der Waals surface area contributed by atoms with Crippen molar-refractivity contribution in [2.24, 2.45) is 0 Å². The molecular formula is C12H8BrFN2O4S. The van der Waals surface area contributed by atoms with E-state index in [2.05, 4.69) is 25.6 Å². The Morgan fingerprint density at radius 1 is 1.29 bits per heavy atom. The zero-order valence-electron chi connectivity index (χ0n) is 10.2. The molecule has 0 aliphatic carbocycles. The average Bonchev–Trinajstić information content (AvgIpc) is 2.37. The minimum Gasteiger partial charge on any atom is -0.478 e. The maximum absolute atomic E-state index is 13.0. The highest BCUT2D eigenvalue weighted by Gasteiger charge is 2.19. The van der Waals surface area contributed by atoms with Gasteiger partial charge in [0.2, 0.25) is 0 Å². The van der Waals surface area contributed by atoms with E-state index in [4.69, 9.17) is 5.11 Å². The summed E-state index contributed by atoms with van der Waals surface area (Å²) in [6.07, 6.45) is 2.26. The summed E-state index contributed by atoms with van der Waals surface area (Å²) >= 11 is 2.97. The van der Waals surface area contributed by atoms with Gasteiger partial charge in [-0.25, -0.2) is 17.6 Å². The molecule has 1 heterocycles. The van der Waals surface area contributed by atoms with Crippen molar-refractivity contribution < 1.29 is 22.7 Å². The number of carboxylic acid groups (broad SMARTS) is 1. The van der Waals surface area contributed by atoms with Gasteiger partial charge in [0.25, 0.3) is 10.0 Å². The summed E-state index contributed by atoms with van der Waals surface area (Å²) in [6, 6.07) is 4.24. The van der Waals surface area contributed by atoms with Crippen LogP contribution in [0.4, 0.5) is 10.1 Å². The number of aromatic carboxylic acids is 1. The lowest BCUT2D eigenvalue weighted by Crippen LogP contribution is -2.14. The van der Waals surface area contributed by atoms with Crippen molar-refractivity contribution in [1.82, 2.24) is 4.98 Å². The lowest BCUT2D eigenvalue weighted by molar-refractivity contribution is 0.0696. The summed E-state index contributed by atoms with van der Waals surface area (Å²) in [5.74, 6) is -1.82. The van der Waals surface area contributed by atoms with Gasteiger partial charge in [-0.1, -0.05) is 0 Å². The van der Waals surface area contributed by atoms with Crippen LogP contribution in [0.1, 0.15) is 10.4 Å². The monoisotopic (exact) mass is 374 g/mol. The maximum atomic E-state index is 13.0. The number of rotatable bonds is 4. The van der Waals surface area contributed by atoms with E-state index in [0.717, 1.165) is 30.5 Å². The largest absolute Gasteiger partial charge is 0.478 e. The molecule has 0 unspecified atom stereocenters. The van der Waals surface area contributed by atoms with Gasteiger partial charge in [-0.3, -0.25) is 9.71 Å². The fourth-order valence-electron chi connectivity index (χ4n) is 1.52. The Morgan fingerprint density at radius 2 is 2.00 bits per heavy atom. The van der Waals surface area contributed by atoms with E-state index in [1.165, 1.54) is 6.20 Å². The van der Waals surface area contributed by atoms with Crippen LogP contribution < -0.4 is 4.72 Å². The van der Waals surface area contributed by atoms with Crippen molar-refractivity contribution in [2.45, 2.75) is 4.90 Å². The van der Waals surface area contributed by atoms with Crippen LogP contribution in [-0.4, -0.2) is 24.5 Å². The van der Waals surface area contributed by atoms with Gasteiger partial charge in [-0.05, 0) is 40.2 Å². The molecule has 0 bridgehead atoms. The number of halogens is 2. The Hall–Kier alpha value is -2.00. The van der Waals surface area contributed by atoms with Crippen LogP contribution in [0.15, 0.2) is 46.0 Å². The van der Waals surface area contributed by atoms with E-state index in [0.29, 0.717) is 0 Å². The second kappa shape index (κ2) is 5.78. The number of nitrogens with one attached hydrogen (secondary N) is 1. The van der Waals surface area contributed by atoms with Gasteiger partial charge >= 0.3 is 5.97 Å². The average molecular weight is 375 g/mol. The van der Waals surface area contributed by atoms with Gasteiger partial charge in [0.05, 0.1) is 17.4 Å². The zero-order chi connectivity index (χ0) is 15.6. The van der Waals surface area contributed by atoms with E-state index in [-0.39, 0.29) is 20.6 Å². The van der Waals surface area contributed by atoms with Crippen molar-refractivity contribution in [3.05, 3.63) is 52.5 Å². The Bertz CT molecular complexity index is 811. The number of carbonyl (C=O) groups is 1. The van der Waals surface area contributed by atoms with E-state index >= 15 is 0 Å². The summed E-state index contributed by atoms with van der Waals surface area (Å²) in [6.45, 7) is 0. The third-order valence-electron chi connectivity index (χ3n) is 2.42. The predicted molar refractivity (Wildman–Crippen MR) is 76.1 cm³/mol. The molecule has 6 nitrogen and oxygen atoms in total. The zero-order valence-corrected chi connectivity index (χ0v) is 12.6. The third-order valence-corrected chi connectivity index (χ3v) is 4.78. The molecule has 0 atom stereocenters. The van der Waals surface area contributed by atoms with Crippen molar-refractivity contribution in [1.29, 1.82) is 0 Å². The molecule has 0 saturated carbocycles. The van der Waals surface area contributed by atoms with Gasteiger partial charge in [-0.15, -0.1) is 0 Å². The second-order valence-electron chi connectivity index (χ2n) is 3.95. The Balaban J connectivity index is 2.37. The molecule has 0 aliphatic rings. The van der Waals surface area contributed by atoms with Crippen molar-refractivity contribution >= 4 is 37.6 Å². The predicted octanol–water partition coefficient (Wildman–Crippen LogP) is 2.48. The fourth-order valence-corrected chi connectivity index (χ4v) is 3.60. The van der Waals surface area contributed by atoms with Crippen LogP contribution in [0, 0.1) is 5.82 Å². The highest BCUT2D eigenvalue weighted by Crippen LogP contribution is 2.25. The van der Waals surface area contributed by atoms with Gasteiger partial charge in [0, 0.05) is 10.7 Å². The number of carboxylic acids is 1. The SMILES string of the molecule is O=C(O)c1cncc(NS(=O)(=O)c2ccc(F)cc2Br)c1. The first kappa shape index (κ1) is 15.4. The first-order chi connectivity index (χ1) is 9.79. The van der Waals surface area contributed by atoms with Gasteiger partial charge in [0.15, 0.2) is 0 Å². The van der Waals surface area contributed by atoms with Gasteiger partial charge in [-0.2, -0.15) is 0 Å². The number of benzene rings is 1. The third kappa shape index (κ3) is 3.56. The molecule has 0 aliphatic heterocycles. The molecule has 110 valence electrons. The number of nitrogens with zero attached hydrogens (tertiary/aromatic N) is 1. The summed E-state index contributed by atoms with van der Waals surface area (Å²) in [5.41, 5.74) is -0.167. The lowest BCUT2D eigenvalue weighted by Gasteiger charge is -2.09. The molecule has 0 amide bonds. The summed E-state index contributed by atoms with van der Waals surface area (Å²) in [5, 5.41) is 8.83. The topological polar surface area (TPSA) is 96.4 Å². The molecule has 0 fully saturated rings. The minimum absolute atomic E-state index is 0.00822. The van der Waals surface area contributed by atoms with Crippen LogP contribution >= 0.6 is 15.9 Å². The molecule has 0 spiro atoms. The van der Waals surface area contributed by atoms with E-state index in [1.807, 2.05) is 0 Å². The van der Waals surface area contributed by atoms with Crippen LogP contribution in [0.5, 0.6) is 0 Å². The molecular weight excluding hydrogens is 367 g/mol. The normalized spacial score (nSPS) is 11.1. The number of hydrogen-bond acceptors (Lipinski definition) is 4. The minimum atomic E-state index is -4.00.